The minimum absolute atomic E-state index is 0.0652. The molecule has 0 saturated heterocycles. The summed E-state index contributed by atoms with van der Waals surface area (Å²) < 4.78 is 36.5. The highest BCUT2D eigenvalue weighted by molar-refractivity contribution is 7.80. The van der Waals surface area contributed by atoms with Crippen LogP contribution in [-0.4, -0.2) is 36.1 Å². The predicted octanol–water partition coefficient (Wildman–Crippen LogP) is 5.37. The van der Waals surface area contributed by atoms with Crippen molar-refractivity contribution in [3.8, 4) is 0 Å². The fraction of sp³-hybridized carbons (Fsp3) is 0.889. The van der Waals surface area contributed by atoms with E-state index in [2.05, 4.69) is 40.7 Å². The van der Waals surface area contributed by atoms with Crippen molar-refractivity contribution >= 4 is 16.2 Å². The van der Waals surface area contributed by atoms with Crippen molar-refractivity contribution in [1.82, 2.24) is 0 Å². The van der Waals surface area contributed by atoms with Crippen molar-refractivity contribution < 1.29 is 27.1 Å². The van der Waals surface area contributed by atoms with Crippen LogP contribution in [0.4, 0.5) is 0 Å². The molecule has 0 radical (unpaired) electrons. The smallest absolute Gasteiger partial charge is 0.393 e. The maximum absolute atomic E-state index is 12.6. The number of fused-ring (bicyclic) bond motifs is 5. The Hall–Kier alpha value is -0.760. The van der Waals surface area contributed by atoms with Gasteiger partial charge in [0.15, 0.2) is 0 Å². The average molecular weight is 497 g/mol. The molecule has 3 saturated carbocycles. The lowest BCUT2D eigenvalue weighted by molar-refractivity contribution is -0.121. The lowest BCUT2D eigenvalue weighted by atomic mass is 9.47. The fourth-order valence-electron chi connectivity index (χ4n) is 8.81. The van der Waals surface area contributed by atoms with E-state index in [9.17, 15) is 18.3 Å². The summed E-state index contributed by atoms with van der Waals surface area (Å²) in [6, 6.07) is 0. The first-order chi connectivity index (χ1) is 15.7. The van der Waals surface area contributed by atoms with Gasteiger partial charge in [-0.3, -0.25) is 9.35 Å². The Morgan fingerprint density at radius 1 is 1.12 bits per heavy atom. The van der Waals surface area contributed by atoms with E-state index >= 15 is 0 Å². The maximum Gasteiger partial charge on any atom is 0.397 e. The molecule has 3 fully saturated rings. The van der Waals surface area contributed by atoms with Gasteiger partial charge in [0.25, 0.3) is 0 Å². The molecule has 0 unspecified atom stereocenters. The summed E-state index contributed by atoms with van der Waals surface area (Å²) in [4.78, 5) is 12.6. The molecule has 6 nitrogen and oxygen atoms in total. The highest BCUT2D eigenvalue weighted by Gasteiger charge is 2.60. The van der Waals surface area contributed by atoms with Crippen molar-refractivity contribution in [3.63, 3.8) is 0 Å². The molecule has 0 spiro atoms. The van der Waals surface area contributed by atoms with Crippen LogP contribution >= 0.6 is 0 Å². The van der Waals surface area contributed by atoms with Gasteiger partial charge in [0.2, 0.25) is 0 Å². The van der Waals surface area contributed by atoms with E-state index in [4.69, 9.17) is 8.74 Å². The van der Waals surface area contributed by atoms with Gasteiger partial charge in [-0.05, 0) is 91.3 Å². The molecule has 194 valence electrons. The number of rotatable bonds is 7. The van der Waals surface area contributed by atoms with Crippen LogP contribution in [-0.2, 0) is 19.4 Å². The van der Waals surface area contributed by atoms with Gasteiger partial charge in [0.1, 0.15) is 5.78 Å². The van der Waals surface area contributed by atoms with Crippen LogP contribution in [0.15, 0.2) is 11.6 Å². The molecule has 9 atom stereocenters. The lowest BCUT2D eigenvalue weighted by Crippen LogP contribution is -2.54. The molecule has 0 aromatic rings. The van der Waals surface area contributed by atoms with Crippen molar-refractivity contribution in [3.05, 3.63) is 11.6 Å². The van der Waals surface area contributed by atoms with Crippen LogP contribution in [0.3, 0.4) is 0 Å². The van der Waals surface area contributed by atoms with E-state index in [1.54, 1.807) is 0 Å². The maximum atomic E-state index is 12.6. The fourth-order valence-corrected chi connectivity index (χ4v) is 9.33. The first-order valence-electron chi connectivity index (χ1n) is 13.3. The molecule has 4 aliphatic carbocycles. The van der Waals surface area contributed by atoms with Crippen molar-refractivity contribution in [2.24, 2.45) is 46.3 Å². The van der Waals surface area contributed by atoms with Crippen LogP contribution in [0.2, 0.25) is 0 Å². The Morgan fingerprint density at radius 2 is 1.82 bits per heavy atom. The summed E-state index contributed by atoms with van der Waals surface area (Å²) >= 11 is 0. The summed E-state index contributed by atoms with van der Waals surface area (Å²) in [5, 5.41) is 11.3. The van der Waals surface area contributed by atoms with E-state index in [0.29, 0.717) is 67.5 Å². The summed E-state index contributed by atoms with van der Waals surface area (Å²) in [6.07, 6.45) is 8.48. The highest BCUT2D eigenvalue weighted by atomic mass is 32.3. The highest BCUT2D eigenvalue weighted by Crippen LogP contribution is 2.66. The number of hydrogen-bond donors (Lipinski definition) is 2. The molecule has 7 heteroatoms. The van der Waals surface area contributed by atoms with Crippen LogP contribution in [0.25, 0.3) is 0 Å². The largest absolute Gasteiger partial charge is 0.397 e. The number of aliphatic hydroxyl groups is 1. The Labute approximate surface area is 205 Å². The zero-order chi connectivity index (χ0) is 25.1. The number of Topliss-reactive ketones (excluding diaryl/α,β-unsaturated/α-hetero) is 1. The first-order valence-corrected chi connectivity index (χ1v) is 14.7. The van der Waals surface area contributed by atoms with Gasteiger partial charge in [0, 0.05) is 12.8 Å². The lowest BCUT2D eigenvalue weighted by Gasteiger charge is -2.58. The molecule has 34 heavy (non-hydrogen) atoms. The Kier molecular flexibility index (Phi) is 7.18. The van der Waals surface area contributed by atoms with Crippen LogP contribution in [0.1, 0.15) is 92.4 Å². The predicted molar refractivity (Wildman–Crippen MR) is 131 cm³/mol. The van der Waals surface area contributed by atoms with Crippen molar-refractivity contribution in [1.29, 1.82) is 0 Å². The average Bonchev–Trinajstić information content (AvgIpc) is 3.05. The van der Waals surface area contributed by atoms with Gasteiger partial charge < -0.3 is 5.11 Å². The Morgan fingerprint density at radius 3 is 2.47 bits per heavy atom. The van der Waals surface area contributed by atoms with Crippen molar-refractivity contribution in [2.45, 2.75) is 105 Å². The number of aliphatic hydroxyl groups excluding tert-OH is 1. The molecule has 0 aromatic carbocycles. The minimum Gasteiger partial charge on any atom is -0.393 e. The number of allylic oxidation sites excluding steroid dienone is 2. The van der Waals surface area contributed by atoms with Gasteiger partial charge in [-0.25, -0.2) is 4.18 Å². The Bertz CT molecular complexity index is 925. The van der Waals surface area contributed by atoms with Gasteiger partial charge in [-0.1, -0.05) is 46.3 Å². The zero-order valence-corrected chi connectivity index (χ0v) is 22.3. The summed E-state index contributed by atoms with van der Waals surface area (Å²) in [7, 11) is -4.49. The molecule has 0 aromatic heterocycles. The van der Waals surface area contributed by atoms with Crippen LogP contribution in [0.5, 0.6) is 0 Å². The normalized spacial score (nSPS) is 43.0. The molecular weight excluding hydrogens is 452 g/mol. The van der Waals surface area contributed by atoms with Crippen LogP contribution in [0, 0.1) is 46.3 Å². The number of hydrogen-bond acceptors (Lipinski definition) is 5. The number of carbonyl (C=O) groups excluding carboxylic acids is 1. The van der Waals surface area contributed by atoms with Gasteiger partial charge in [-0.15, -0.1) is 0 Å². The third-order valence-corrected chi connectivity index (χ3v) is 10.7. The zero-order valence-electron chi connectivity index (χ0n) is 21.5. The summed E-state index contributed by atoms with van der Waals surface area (Å²) in [5.74, 6) is 2.48. The second-order valence-corrected chi connectivity index (χ2v) is 13.9. The molecule has 0 bridgehead atoms. The SMILES string of the molecule is CC(C)CC(=O)C[C@@H](C)[C@H]1CC[C@H]2[C@@H]3C[C@H](O)[C@H]4C[C@@H](OS(=O)(=O)O)CC[C@]4(C)C3=CC[C@]12C. The second-order valence-electron chi connectivity index (χ2n) is 12.8. The third-order valence-electron chi connectivity index (χ3n) is 10.2. The second kappa shape index (κ2) is 9.28. The quantitative estimate of drug-likeness (QED) is 0.363. The third kappa shape index (κ3) is 4.79. The molecule has 0 aliphatic heterocycles. The molecule has 0 amide bonds. The summed E-state index contributed by atoms with van der Waals surface area (Å²) in [6.45, 7) is 11.1. The number of ketones is 1. The van der Waals surface area contributed by atoms with Gasteiger partial charge in [-0.2, -0.15) is 8.42 Å². The summed E-state index contributed by atoms with van der Waals surface area (Å²) in [5.41, 5.74) is 1.44. The monoisotopic (exact) mass is 496 g/mol. The standard InChI is InChI=1S/C27H44O6S/c1-16(2)12-18(28)13-17(3)21-6-7-22-20-15-25(29)24-14-19(33-34(30,31)32)8-10-27(24,5)23(20)9-11-26(21,22)4/h9,16-17,19-22,24-25,29H,6-8,10-15H2,1-5H3,(H,30,31,32)/t17-,19+,20+,21-,22+,24-,25+,26-,27-/m1/s1. The first kappa shape index (κ1) is 26.3. The topological polar surface area (TPSA) is 101 Å². The minimum atomic E-state index is -4.49. The van der Waals surface area contributed by atoms with E-state index < -0.39 is 22.6 Å². The Balaban J connectivity index is 1.53. The van der Waals surface area contributed by atoms with Gasteiger partial charge in [0.05, 0.1) is 12.2 Å². The van der Waals surface area contributed by atoms with E-state index in [1.165, 1.54) is 5.57 Å². The van der Waals surface area contributed by atoms with E-state index in [-0.39, 0.29) is 16.7 Å². The molecule has 4 aliphatic rings. The van der Waals surface area contributed by atoms with Crippen molar-refractivity contribution in [2.75, 3.05) is 0 Å². The molecule has 4 rings (SSSR count). The molecule has 2 N–H and O–H groups in total. The van der Waals surface area contributed by atoms with E-state index in [1.807, 2.05) is 0 Å². The van der Waals surface area contributed by atoms with Crippen LogP contribution < -0.4 is 0 Å². The van der Waals surface area contributed by atoms with E-state index in [0.717, 1.165) is 25.7 Å². The molecule has 0 heterocycles. The van der Waals surface area contributed by atoms with Gasteiger partial charge >= 0.3 is 10.4 Å². The number of carbonyl (C=O) groups is 1. The molecular formula is C27H44O6S.